The molecule has 0 aromatic carbocycles. The van der Waals surface area contributed by atoms with Gasteiger partial charge >= 0.3 is 0 Å². The van der Waals surface area contributed by atoms with E-state index in [1.165, 1.54) is 0 Å². The number of rotatable bonds is 3. The zero-order chi connectivity index (χ0) is 10.4. The zero-order valence-corrected chi connectivity index (χ0v) is 8.88. The predicted molar refractivity (Wildman–Crippen MR) is 57.6 cm³/mol. The van der Waals surface area contributed by atoms with Gasteiger partial charge in [-0.15, -0.1) is 11.8 Å². The van der Waals surface area contributed by atoms with E-state index in [9.17, 15) is 4.79 Å². The van der Waals surface area contributed by atoms with Crippen LogP contribution in [-0.2, 0) is 4.79 Å². The van der Waals surface area contributed by atoms with Gasteiger partial charge < -0.3 is 5.73 Å². The SMILES string of the molecule is CC#CCCC(=O)C1CCC(N)CC1. The van der Waals surface area contributed by atoms with Gasteiger partial charge in [0.2, 0.25) is 0 Å². The maximum atomic E-state index is 11.7. The maximum absolute atomic E-state index is 11.7. The van der Waals surface area contributed by atoms with Gasteiger partial charge in [0.25, 0.3) is 0 Å². The molecule has 2 nitrogen and oxygen atoms in total. The lowest BCUT2D eigenvalue weighted by Crippen LogP contribution is -2.29. The average molecular weight is 193 g/mol. The standard InChI is InChI=1S/C12H19NO/c1-2-3-4-5-12(14)10-6-8-11(13)9-7-10/h10-11H,4-9,13H2,1H3. The van der Waals surface area contributed by atoms with Crippen molar-refractivity contribution in [1.29, 1.82) is 0 Å². The molecule has 14 heavy (non-hydrogen) atoms. The van der Waals surface area contributed by atoms with Crippen LogP contribution in [0.25, 0.3) is 0 Å². The van der Waals surface area contributed by atoms with Crippen molar-refractivity contribution in [2.45, 2.75) is 51.5 Å². The van der Waals surface area contributed by atoms with Gasteiger partial charge in [-0.2, -0.15) is 0 Å². The van der Waals surface area contributed by atoms with Gasteiger partial charge in [-0.1, -0.05) is 0 Å². The number of nitrogens with two attached hydrogens (primary N) is 1. The highest BCUT2D eigenvalue weighted by Crippen LogP contribution is 2.25. The second kappa shape index (κ2) is 5.82. The number of hydrogen-bond acceptors (Lipinski definition) is 2. The summed E-state index contributed by atoms with van der Waals surface area (Å²) >= 11 is 0. The second-order valence-electron chi connectivity index (χ2n) is 4.00. The Bertz CT molecular complexity index is 241. The molecule has 0 spiro atoms. The Morgan fingerprint density at radius 3 is 2.57 bits per heavy atom. The molecular weight excluding hydrogens is 174 g/mol. The monoisotopic (exact) mass is 193 g/mol. The number of Topliss-reactive ketones (excluding diaryl/α,β-unsaturated/α-hetero) is 1. The van der Waals surface area contributed by atoms with Gasteiger partial charge in [0.1, 0.15) is 5.78 Å². The summed E-state index contributed by atoms with van der Waals surface area (Å²) < 4.78 is 0. The summed E-state index contributed by atoms with van der Waals surface area (Å²) in [6.45, 7) is 1.81. The van der Waals surface area contributed by atoms with E-state index in [1.54, 1.807) is 0 Å². The molecule has 0 radical (unpaired) electrons. The van der Waals surface area contributed by atoms with Crippen LogP contribution in [-0.4, -0.2) is 11.8 Å². The van der Waals surface area contributed by atoms with Gasteiger partial charge in [0, 0.05) is 24.8 Å². The highest BCUT2D eigenvalue weighted by Gasteiger charge is 2.23. The van der Waals surface area contributed by atoms with E-state index in [4.69, 9.17) is 5.73 Å². The lowest BCUT2D eigenvalue weighted by Gasteiger charge is -2.24. The van der Waals surface area contributed by atoms with Crippen LogP contribution in [0.2, 0.25) is 0 Å². The Balaban J connectivity index is 2.26. The van der Waals surface area contributed by atoms with Crippen molar-refractivity contribution in [1.82, 2.24) is 0 Å². The first-order chi connectivity index (χ1) is 6.74. The summed E-state index contributed by atoms with van der Waals surface area (Å²) in [6.07, 6.45) is 5.34. The predicted octanol–water partition coefficient (Wildman–Crippen LogP) is 1.88. The lowest BCUT2D eigenvalue weighted by atomic mass is 9.83. The van der Waals surface area contributed by atoms with Gasteiger partial charge in [0.05, 0.1) is 0 Å². The van der Waals surface area contributed by atoms with Gasteiger partial charge in [-0.05, 0) is 32.6 Å². The molecule has 0 saturated heterocycles. The Morgan fingerprint density at radius 1 is 1.36 bits per heavy atom. The van der Waals surface area contributed by atoms with Crippen molar-refractivity contribution in [2.75, 3.05) is 0 Å². The molecule has 0 atom stereocenters. The van der Waals surface area contributed by atoms with Crippen LogP contribution >= 0.6 is 0 Å². The molecule has 78 valence electrons. The minimum absolute atomic E-state index is 0.272. The van der Waals surface area contributed by atoms with Crippen molar-refractivity contribution in [3.05, 3.63) is 0 Å². The minimum atomic E-state index is 0.272. The number of hydrogen-bond donors (Lipinski definition) is 1. The average Bonchev–Trinajstić information content (AvgIpc) is 2.19. The molecule has 0 aliphatic heterocycles. The quantitative estimate of drug-likeness (QED) is 0.695. The third-order valence-electron chi connectivity index (χ3n) is 2.90. The van der Waals surface area contributed by atoms with E-state index in [0.717, 1.165) is 32.1 Å². The molecule has 2 heteroatoms. The van der Waals surface area contributed by atoms with E-state index in [1.807, 2.05) is 6.92 Å². The molecule has 0 aromatic rings. The van der Waals surface area contributed by atoms with Crippen molar-refractivity contribution >= 4 is 5.78 Å². The lowest BCUT2D eigenvalue weighted by molar-refractivity contribution is -0.123. The molecular formula is C12H19NO. The summed E-state index contributed by atoms with van der Waals surface area (Å²) in [7, 11) is 0. The largest absolute Gasteiger partial charge is 0.328 e. The summed E-state index contributed by atoms with van der Waals surface area (Å²) in [5.74, 6) is 6.40. The van der Waals surface area contributed by atoms with E-state index in [2.05, 4.69) is 11.8 Å². The van der Waals surface area contributed by atoms with Gasteiger partial charge in [0.15, 0.2) is 0 Å². The Kier molecular flexibility index (Phi) is 4.69. The third kappa shape index (κ3) is 3.51. The molecule has 1 saturated carbocycles. The van der Waals surface area contributed by atoms with Crippen LogP contribution in [0.1, 0.15) is 45.4 Å². The molecule has 2 N–H and O–H groups in total. The molecule has 1 rings (SSSR count). The smallest absolute Gasteiger partial charge is 0.136 e. The van der Waals surface area contributed by atoms with E-state index >= 15 is 0 Å². The molecule has 1 aliphatic rings. The Labute approximate surface area is 86.2 Å². The van der Waals surface area contributed by atoms with Crippen LogP contribution in [0.3, 0.4) is 0 Å². The maximum Gasteiger partial charge on any atom is 0.136 e. The van der Waals surface area contributed by atoms with Crippen LogP contribution in [0.5, 0.6) is 0 Å². The van der Waals surface area contributed by atoms with Crippen molar-refractivity contribution in [3.8, 4) is 11.8 Å². The van der Waals surface area contributed by atoms with Crippen LogP contribution < -0.4 is 5.73 Å². The molecule has 1 fully saturated rings. The number of ketones is 1. The summed E-state index contributed by atoms with van der Waals surface area (Å²) in [5, 5.41) is 0. The van der Waals surface area contributed by atoms with Gasteiger partial charge in [-0.25, -0.2) is 0 Å². The molecule has 0 unspecified atom stereocenters. The fraction of sp³-hybridized carbons (Fsp3) is 0.750. The molecule has 0 amide bonds. The topological polar surface area (TPSA) is 43.1 Å². The minimum Gasteiger partial charge on any atom is -0.328 e. The highest BCUT2D eigenvalue weighted by atomic mass is 16.1. The summed E-state index contributed by atoms with van der Waals surface area (Å²) in [6, 6.07) is 0.328. The van der Waals surface area contributed by atoms with Crippen molar-refractivity contribution in [3.63, 3.8) is 0 Å². The van der Waals surface area contributed by atoms with E-state index in [0.29, 0.717) is 18.2 Å². The first-order valence-electron chi connectivity index (χ1n) is 5.42. The molecule has 0 bridgehead atoms. The fourth-order valence-electron chi connectivity index (χ4n) is 1.96. The Hall–Kier alpha value is -0.810. The third-order valence-corrected chi connectivity index (χ3v) is 2.90. The highest BCUT2D eigenvalue weighted by molar-refractivity contribution is 5.81. The van der Waals surface area contributed by atoms with E-state index in [-0.39, 0.29) is 5.92 Å². The number of carbonyl (C=O) groups excluding carboxylic acids is 1. The summed E-state index contributed by atoms with van der Waals surface area (Å²) in [5.41, 5.74) is 5.79. The number of carbonyl (C=O) groups is 1. The summed E-state index contributed by atoms with van der Waals surface area (Å²) in [4.78, 5) is 11.7. The van der Waals surface area contributed by atoms with E-state index < -0.39 is 0 Å². The molecule has 0 aromatic heterocycles. The van der Waals surface area contributed by atoms with Crippen LogP contribution in [0.15, 0.2) is 0 Å². The van der Waals surface area contributed by atoms with Crippen molar-refractivity contribution < 1.29 is 4.79 Å². The first-order valence-corrected chi connectivity index (χ1v) is 5.42. The van der Waals surface area contributed by atoms with Gasteiger partial charge in [-0.3, -0.25) is 4.79 Å². The van der Waals surface area contributed by atoms with Crippen LogP contribution in [0, 0.1) is 17.8 Å². The van der Waals surface area contributed by atoms with Crippen molar-refractivity contribution in [2.24, 2.45) is 11.7 Å². The van der Waals surface area contributed by atoms with Crippen LogP contribution in [0.4, 0.5) is 0 Å². The zero-order valence-electron chi connectivity index (χ0n) is 8.88. The first kappa shape index (κ1) is 11.3. The normalized spacial score (nSPS) is 26.4. The molecule has 1 aliphatic carbocycles. The molecule has 0 heterocycles. The second-order valence-corrected chi connectivity index (χ2v) is 4.00. The Morgan fingerprint density at radius 2 is 2.00 bits per heavy atom. The fourth-order valence-corrected chi connectivity index (χ4v) is 1.96.